The molecule has 0 spiro atoms. The Morgan fingerprint density at radius 1 is 0.974 bits per heavy atom. The van der Waals surface area contributed by atoms with E-state index in [0.717, 1.165) is 30.7 Å². The molecule has 3 aromatic rings. The number of nitrogens with one attached hydrogen (secondary N) is 2. The van der Waals surface area contributed by atoms with Gasteiger partial charge in [-0.2, -0.15) is 26.3 Å². The molecule has 12 heteroatoms. The Morgan fingerprint density at radius 3 is 2.36 bits per heavy atom. The normalized spacial score (nSPS) is 15.9. The summed E-state index contributed by atoms with van der Waals surface area (Å²) in [5, 5.41) is 5.10. The van der Waals surface area contributed by atoms with Gasteiger partial charge < -0.3 is 15.4 Å². The summed E-state index contributed by atoms with van der Waals surface area (Å²) >= 11 is 0. The number of anilines is 1. The summed E-state index contributed by atoms with van der Waals surface area (Å²) in [6, 6.07) is 11.9. The van der Waals surface area contributed by atoms with E-state index in [4.69, 9.17) is 4.74 Å². The molecule has 0 saturated heterocycles. The first-order chi connectivity index (χ1) is 18.4. The maximum atomic E-state index is 12.7. The van der Waals surface area contributed by atoms with Gasteiger partial charge in [-0.05, 0) is 61.6 Å². The summed E-state index contributed by atoms with van der Waals surface area (Å²) < 4.78 is 80.6. The average molecular weight is 551 g/mol. The van der Waals surface area contributed by atoms with Crippen molar-refractivity contribution in [3.63, 3.8) is 0 Å². The lowest BCUT2D eigenvalue weighted by Gasteiger charge is -2.25. The van der Waals surface area contributed by atoms with Crippen LogP contribution in [0.25, 0.3) is 6.08 Å². The number of hydrogen-bond acceptors (Lipinski definition) is 5. The molecule has 0 atom stereocenters. The molecule has 2 heterocycles. The minimum Gasteiger partial charge on any atom is -0.439 e. The molecule has 1 aromatic carbocycles. The minimum absolute atomic E-state index is 0.0291. The first-order valence-electron chi connectivity index (χ1n) is 12.0. The Bertz CT molecular complexity index is 1300. The molecule has 1 aliphatic carbocycles. The second kappa shape index (κ2) is 11.7. The number of ether oxygens (including phenoxy) is 1. The summed E-state index contributed by atoms with van der Waals surface area (Å²) in [4.78, 5) is 20.1. The van der Waals surface area contributed by atoms with Crippen LogP contribution in [-0.2, 0) is 6.18 Å². The molecule has 0 bridgehead atoms. The monoisotopic (exact) mass is 550 g/mol. The zero-order valence-corrected chi connectivity index (χ0v) is 20.4. The van der Waals surface area contributed by atoms with Crippen molar-refractivity contribution in [1.82, 2.24) is 15.3 Å². The fraction of sp³-hybridized carbons (Fsp3) is 0.296. The van der Waals surface area contributed by atoms with Crippen LogP contribution < -0.4 is 15.4 Å². The van der Waals surface area contributed by atoms with Crippen LogP contribution in [-0.4, -0.2) is 34.6 Å². The molecule has 1 aliphatic rings. The largest absolute Gasteiger partial charge is 0.439 e. The van der Waals surface area contributed by atoms with Crippen molar-refractivity contribution < 1.29 is 35.9 Å². The summed E-state index contributed by atoms with van der Waals surface area (Å²) in [5.74, 6) is 0.169. The van der Waals surface area contributed by atoms with Gasteiger partial charge in [0.25, 0.3) is 5.91 Å². The molecule has 1 saturated carbocycles. The lowest BCUT2D eigenvalue weighted by atomic mass is 9.89. The summed E-state index contributed by atoms with van der Waals surface area (Å²) in [6.07, 6.45) is -1.95. The van der Waals surface area contributed by atoms with E-state index in [1.54, 1.807) is 18.2 Å². The van der Waals surface area contributed by atoms with E-state index in [0.29, 0.717) is 18.6 Å². The minimum atomic E-state index is -4.47. The first-order valence-corrected chi connectivity index (χ1v) is 12.0. The molecule has 1 fully saturated rings. The quantitative estimate of drug-likeness (QED) is 0.309. The van der Waals surface area contributed by atoms with E-state index < -0.39 is 24.5 Å². The highest BCUT2D eigenvalue weighted by molar-refractivity contribution is 5.94. The molecule has 1 amide bonds. The van der Waals surface area contributed by atoms with E-state index >= 15 is 0 Å². The highest BCUT2D eigenvalue weighted by Crippen LogP contribution is 2.31. The topological polar surface area (TPSA) is 76.1 Å². The standard InChI is InChI=1S/C27H24F6N4O2/c28-26(29,30)16-36-23-10-6-19(14-34-23)25(38)37-21-8-4-17(5-9-21)12-18-2-1-3-22(13-18)39-24-11-7-20(15-35-24)27(31,32)33/h1-3,6-7,10-15,21H,4-5,8-9,16H2,(H,34,36)(H,37,38). The molecular weight excluding hydrogens is 526 g/mol. The number of rotatable bonds is 7. The van der Waals surface area contributed by atoms with Crippen molar-refractivity contribution in [2.45, 2.75) is 44.1 Å². The van der Waals surface area contributed by atoms with E-state index in [2.05, 4.69) is 20.6 Å². The fourth-order valence-electron chi connectivity index (χ4n) is 4.00. The van der Waals surface area contributed by atoms with E-state index in [1.807, 2.05) is 12.1 Å². The number of benzene rings is 1. The Kier molecular flexibility index (Phi) is 8.41. The highest BCUT2D eigenvalue weighted by Gasteiger charge is 2.31. The third kappa shape index (κ3) is 8.45. The average Bonchev–Trinajstić information content (AvgIpc) is 2.88. The number of carbonyl (C=O) groups excluding carboxylic acids is 1. The third-order valence-electron chi connectivity index (χ3n) is 5.97. The summed E-state index contributed by atoms with van der Waals surface area (Å²) in [5.41, 5.74) is 1.44. The molecular formula is C27H24F6N4O2. The number of allylic oxidation sites excluding steroid dienone is 1. The zero-order chi connectivity index (χ0) is 28.0. The number of aromatic nitrogens is 2. The van der Waals surface area contributed by atoms with Crippen LogP contribution in [0, 0.1) is 0 Å². The van der Waals surface area contributed by atoms with Gasteiger partial charge in [0, 0.05) is 24.5 Å². The van der Waals surface area contributed by atoms with Gasteiger partial charge in [-0.1, -0.05) is 23.8 Å². The van der Waals surface area contributed by atoms with Crippen molar-refractivity contribution in [1.29, 1.82) is 0 Å². The smallest absolute Gasteiger partial charge is 0.417 e. The number of pyridine rings is 2. The Morgan fingerprint density at radius 2 is 1.74 bits per heavy atom. The second-order valence-electron chi connectivity index (χ2n) is 9.01. The maximum Gasteiger partial charge on any atom is 0.417 e. The van der Waals surface area contributed by atoms with Crippen LogP contribution in [0.3, 0.4) is 0 Å². The molecule has 6 nitrogen and oxygen atoms in total. The fourth-order valence-corrected chi connectivity index (χ4v) is 4.00. The lowest BCUT2D eigenvalue weighted by molar-refractivity contribution is -0.137. The predicted octanol–water partition coefficient (Wildman–Crippen LogP) is 7.02. The molecule has 39 heavy (non-hydrogen) atoms. The molecule has 0 unspecified atom stereocenters. The van der Waals surface area contributed by atoms with Crippen LogP contribution in [0.4, 0.5) is 32.2 Å². The highest BCUT2D eigenvalue weighted by atomic mass is 19.4. The van der Waals surface area contributed by atoms with Gasteiger partial charge in [-0.25, -0.2) is 9.97 Å². The van der Waals surface area contributed by atoms with Crippen molar-refractivity contribution in [2.75, 3.05) is 11.9 Å². The van der Waals surface area contributed by atoms with Gasteiger partial charge in [0.1, 0.15) is 18.1 Å². The van der Waals surface area contributed by atoms with Crippen LogP contribution in [0.5, 0.6) is 11.6 Å². The van der Waals surface area contributed by atoms with Crippen LogP contribution in [0.15, 0.2) is 66.5 Å². The number of hydrogen-bond donors (Lipinski definition) is 2. The molecule has 0 radical (unpaired) electrons. The molecule has 2 aromatic heterocycles. The summed E-state index contributed by atoms with van der Waals surface area (Å²) in [6.45, 7) is -1.21. The van der Waals surface area contributed by atoms with Crippen LogP contribution in [0.2, 0.25) is 0 Å². The molecule has 4 rings (SSSR count). The lowest BCUT2D eigenvalue weighted by Crippen LogP contribution is -2.36. The van der Waals surface area contributed by atoms with Crippen LogP contribution in [0.1, 0.15) is 47.2 Å². The van der Waals surface area contributed by atoms with Gasteiger partial charge in [0.05, 0.1) is 11.1 Å². The maximum absolute atomic E-state index is 12.7. The van der Waals surface area contributed by atoms with Crippen molar-refractivity contribution >= 4 is 17.8 Å². The number of amides is 1. The first kappa shape index (κ1) is 27.9. The number of alkyl halides is 6. The van der Waals surface area contributed by atoms with Crippen molar-refractivity contribution in [3.05, 3.63) is 83.2 Å². The molecule has 2 N–H and O–H groups in total. The van der Waals surface area contributed by atoms with Gasteiger partial charge >= 0.3 is 12.4 Å². The Labute approximate surface area is 220 Å². The van der Waals surface area contributed by atoms with Gasteiger partial charge in [-0.3, -0.25) is 4.79 Å². The van der Waals surface area contributed by atoms with Gasteiger partial charge in [0.15, 0.2) is 0 Å². The zero-order valence-electron chi connectivity index (χ0n) is 20.4. The van der Waals surface area contributed by atoms with Gasteiger partial charge in [0.2, 0.25) is 5.88 Å². The van der Waals surface area contributed by atoms with E-state index in [9.17, 15) is 31.1 Å². The van der Waals surface area contributed by atoms with Crippen molar-refractivity contribution in [2.24, 2.45) is 0 Å². The predicted molar refractivity (Wildman–Crippen MR) is 132 cm³/mol. The SMILES string of the molecule is O=C(NC1CCC(=Cc2cccc(Oc3ccc(C(F)(F)F)cn3)c2)CC1)c1ccc(NCC(F)(F)F)nc1. The number of carbonyl (C=O) groups is 1. The van der Waals surface area contributed by atoms with E-state index in [-0.39, 0.29) is 29.2 Å². The molecule has 0 aliphatic heterocycles. The third-order valence-corrected chi connectivity index (χ3v) is 5.97. The van der Waals surface area contributed by atoms with E-state index in [1.165, 1.54) is 30.0 Å². The Balaban J connectivity index is 1.28. The molecule has 206 valence electrons. The number of halogens is 6. The van der Waals surface area contributed by atoms with Crippen molar-refractivity contribution in [3.8, 4) is 11.6 Å². The number of nitrogens with zero attached hydrogens (tertiary/aromatic N) is 2. The van der Waals surface area contributed by atoms with Gasteiger partial charge in [-0.15, -0.1) is 0 Å². The van der Waals surface area contributed by atoms with Crippen LogP contribution >= 0.6 is 0 Å². The summed E-state index contributed by atoms with van der Waals surface area (Å²) in [7, 11) is 0. The second-order valence-corrected chi connectivity index (χ2v) is 9.01. The Hall–Kier alpha value is -4.09.